The number of hydrogen-bond acceptors (Lipinski definition) is 11. The molecule has 6 bridgehead atoms. The number of ether oxygens (including phenoxy) is 4. The summed E-state index contributed by atoms with van der Waals surface area (Å²) in [7, 11) is 0. The Kier molecular flexibility index (Phi) is 10.8. The molecular formula is C34H39N7O7. The van der Waals surface area contributed by atoms with Gasteiger partial charge in [-0.05, 0) is 49.9 Å². The molecular weight excluding hydrogens is 618 g/mol. The lowest BCUT2D eigenvalue weighted by molar-refractivity contribution is -0.267. The third kappa shape index (κ3) is 8.49. The number of aryl methyl sites for hydroxylation is 2. The topological polar surface area (TPSA) is 162 Å². The molecule has 1 saturated heterocycles. The molecule has 0 aliphatic carbocycles. The lowest BCUT2D eigenvalue weighted by Crippen LogP contribution is -2.66. The predicted molar refractivity (Wildman–Crippen MR) is 169 cm³/mol. The number of rotatable bonds is 5. The van der Waals surface area contributed by atoms with Gasteiger partial charge in [-0.3, -0.25) is 4.79 Å². The summed E-state index contributed by atoms with van der Waals surface area (Å²) in [5, 5.41) is 20.0. The summed E-state index contributed by atoms with van der Waals surface area (Å²) >= 11 is 0. The van der Waals surface area contributed by atoms with Gasteiger partial charge in [0.2, 0.25) is 5.91 Å². The fourth-order valence-electron chi connectivity index (χ4n) is 5.91. The number of carbonyl (C=O) groups is 3. The summed E-state index contributed by atoms with van der Waals surface area (Å²) in [5.41, 5.74) is 2.30. The molecule has 4 aromatic rings. The summed E-state index contributed by atoms with van der Waals surface area (Å²) in [6, 6.07) is 15.9. The molecule has 1 fully saturated rings. The first-order chi connectivity index (χ1) is 23.4. The molecule has 2 aliphatic heterocycles. The zero-order valence-corrected chi connectivity index (χ0v) is 26.7. The second-order valence-electron chi connectivity index (χ2n) is 11.9. The normalized spacial score (nSPS) is 23.5. The highest BCUT2D eigenvalue weighted by atomic mass is 16.7. The molecule has 4 heterocycles. The Morgan fingerprint density at radius 1 is 0.771 bits per heavy atom. The largest absolute Gasteiger partial charge is 0.452 e. The highest BCUT2D eigenvalue weighted by Gasteiger charge is 2.51. The molecule has 0 spiro atoms. The minimum Gasteiger partial charge on any atom is -0.452 e. The highest BCUT2D eigenvalue weighted by Crippen LogP contribution is 2.30. The molecule has 2 aliphatic rings. The average molecular weight is 658 g/mol. The molecule has 252 valence electrons. The van der Waals surface area contributed by atoms with Gasteiger partial charge in [0.25, 0.3) is 0 Å². The number of benzene rings is 2. The van der Waals surface area contributed by atoms with Gasteiger partial charge in [0.1, 0.15) is 12.1 Å². The smallest absolute Gasteiger partial charge is 0.338 e. The number of esters is 2. The Balaban J connectivity index is 1.36. The summed E-state index contributed by atoms with van der Waals surface area (Å²) in [5.74, 6) is -1.74. The molecule has 48 heavy (non-hydrogen) atoms. The van der Waals surface area contributed by atoms with Crippen LogP contribution in [0.4, 0.5) is 0 Å². The van der Waals surface area contributed by atoms with E-state index in [4.69, 9.17) is 18.9 Å². The number of aromatic nitrogens is 6. The number of carbonyl (C=O) groups excluding carboxylic acids is 3. The van der Waals surface area contributed by atoms with Crippen molar-refractivity contribution in [2.75, 3.05) is 6.61 Å². The highest BCUT2D eigenvalue weighted by molar-refractivity contribution is 5.90. The average Bonchev–Trinajstić information content (AvgIpc) is 3.75. The van der Waals surface area contributed by atoms with Gasteiger partial charge >= 0.3 is 11.9 Å². The summed E-state index contributed by atoms with van der Waals surface area (Å²) in [6.45, 7) is 1.93. The minimum absolute atomic E-state index is 0.0954. The van der Waals surface area contributed by atoms with Crippen molar-refractivity contribution in [2.45, 2.75) is 89.2 Å². The van der Waals surface area contributed by atoms with Crippen LogP contribution in [0.15, 0.2) is 73.1 Å². The Hall–Kier alpha value is -4.95. The van der Waals surface area contributed by atoms with E-state index in [1.54, 1.807) is 70.0 Å². The van der Waals surface area contributed by atoms with E-state index < -0.39 is 48.5 Å². The monoisotopic (exact) mass is 657 g/mol. The summed E-state index contributed by atoms with van der Waals surface area (Å²) in [4.78, 5) is 39.7. The van der Waals surface area contributed by atoms with Crippen LogP contribution in [0.25, 0.3) is 0 Å². The number of nitrogens with one attached hydrogen (secondary N) is 1. The van der Waals surface area contributed by atoms with Gasteiger partial charge in [-0.2, -0.15) is 0 Å². The molecule has 2 aromatic heterocycles. The fraction of sp³-hybridized carbons (Fsp3) is 0.441. The maximum atomic E-state index is 13.6. The molecule has 14 nitrogen and oxygen atoms in total. The zero-order valence-electron chi connectivity index (χ0n) is 26.7. The van der Waals surface area contributed by atoms with Crippen LogP contribution in [0.5, 0.6) is 0 Å². The van der Waals surface area contributed by atoms with E-state index in [9.17, 15) is 14.4 Å². The number of nitrogens with zero attached hydrogens (tertiary/aromatic N) is 6. The van der Waals surface area contributed by atoms with Crippen LogP contribution in [0, 0.1) is 0 Å². The van der Waals surface area contributed by atoms with E-state index in [0.29, 0.717) is 12.1 Å². The molecule has 1 amide bonds. The third-order valence-corrected chi connectivity index (χ3v) is 8.28. The Labute approximate surface area is 277 Å². The molecule has 0 radical (unpaired) electrons. The van der Waals surface area contributed by atoms with Gasteiger partial charge in [-0.25, -0.2) is 19.0 Å². The second kappa shape index (κ2) is 15.8. The maximum Gasteiger partial charge on any atom is 0.338 e. The van der Waals surface area contributed by atoms with Gasteiger partial charge in [-0.15, -0.1) is 10.2 Å². The standard InChI is InChI=1S/C34H39N7O7/c1-23(42)35-29-31(48-33(44)25-14-8-5-9-15-25)30(47-32(43)24-12-6-4-7-13-24)28-22-41-21-27(37-39-41)17-11-3-2-10-16-26-20-40(38-36-26)18-19-45-34(29)46-28/h4-9,12-15,20-21,28-31,34H,2-3,10-11,16-19,22H2,1H3,(H,35,42)/t28-,29-,30-,31-,34+/m1/s1. The van der Waals surface area contributed by atoms with Crippen molar-refractivity contribution in [3.8, 4) is 0 Å². The van der Waals surface area contributed by atoms with Gasteiger partial charge < -0.3 is 24.3 Å². The third-order valence-electron chi connectivity index (χ3n) is 8.28. The van der Waals surface area contributed by atoms with E-state index >= 15 is 0 Å². The van der Waals surface area contributed by atoms with Crippen molar-refractivity contribution in [3.05, 3.63) is 95.6 Å². The van der Waals surface area contributed by atoms with Crippen LogP contribution in [-0.4, -0.2) is 85.1 Å². The molecule has 5 atom stereocenters. The van der Waals surface area contributed by atoms with Crippen molar-refractivity contribution in [1.82, 2.24) is 35.3 Å². The second-order valence-corrected chi connectivity index (χ2v) is 11.9. The quantitative estimate of drug-likeness (QED) is 0.314. The van der Waals surface area contributed by atoms with Gasteiger partial charge in [-0.1, -0.05) is 59.7 Å². The first kappa shape index (κ1) is 33.0. The van der Waals surface area contributed by atoms with Crippen LogP contribution in [-0.2, 0) is 49.7 Å². The van der Waals surface area contributed by atoms with E-state index in [1.165, 1.54) is 6.92 Å². The Bertz CT molecular complexity index is 1660. The number of fused-ring (bicyclic) bond motifs is 6. The van der Waals surface area contributed by atoms with Crippen LogP contribution in [0.2, 0.25) is 0 Å². The SMILES string of the molecule is CC(=O)N[C@H]1[C@H]2OCCn3cc(nn3)CCCCCCc3cn(nn3)C[C@@H](O2)[C@@H](OC(=O)c2ccccc2)[C@@H]1OC(=O)c1ccccc1. The van der Waals surface area contributed by atoms with Crippen molar-refractivity contribution in [2.24, 2.45) is 0 Å². The Morgan fingerprint density at radius 3 is 1.94 bits per heavy atom. The van der Waals surface area contributed by atoms with Crippen molar-refractivity contribution < 1.29 is 33.3 Å². The van der Waals surface area contributed by atoms with Crippen LogP contribution < -0.4 is 5.32 Å². The lowest BCUT2D eigenvalue weighted by atomic mass is 9.95. The first-order valence-electron chi connectivity index (χ1n) is 16.3. The van der Waals surface area contributed by atoms with Gasteiger partial charge in [0.05, 0.1) is 42.2 Å². The van der Waals surface area contributed by atoms with Gasteiger partial charge in [0, 0.05) is 19.3 Å². The minimum atomic E-state index is -1.21. The van der Waals surface area contributed by atoms with E-state index in [1.807, 2.05) is 12.4 Å². The lowest BCUT2D eigenvalue weighted by Gasteiger charge is -2.45. The molecule has 1 N–H and O–H groups in total. The van der Waals surface area contributed by atoms with Crippen LogP contribution in [0.3, 0.4) is 0 Å². The van der Waals surface area contributed by atoms with Crippen molar-refractivity contribution in [3.63, 3.8) is 0 Å². The molecule has 2 aromatic carbocycles. The molecule has 14 heteroatoms. The zero-order chi connectivity index (χ0) is 33.3. The summed E-state index contributed by atoms with van der Waals surface area (Å²) in [6.07, 6.45) is 4.95. The van der Waals surface area contributed by atoms with Crippen molar-refractivity contribution in [1.29, 1.82) is 0 Å². The number of hydrogen-bond donors (Lipinski definition) is 1. The molecule has 6 rings (SSSR count). The maximum absolute atomic E-state index is 13.6. The van der Waals surface area contributed by atoms with E-state index in [0.717, 1.165) is 49.9 Å². The van der Waals surface area contributed by atoms with Crippen LogP contribution >= 0.6 is 0 Å². The van der Waals surface area contributed by atoms with Crippen molar-refractivity contribution >= 4 is 17.8 Å². The predicted octanol–water partition coefficient (Wildman–Crippen LogP) is 2.93. The summed E-state index contributed by atoms with van der Waals surface area (Å²) < 4.78 is 28.3. The fourth-order valence-corrected chi connectivity index (χ4v) is 5.91. The van der Waals surface area contributed by atoms with Gasteiger partial charge in [0.15, 0.2) is 18.5 Å². The van der Waals surface area contributed by atoms with Crippen LogP contribution in [0.1, 0.15) is 64.7 Å². The van der Waals surface area contributed by atoms with E-state index in [2.05, 4.69) is 25.9 Å². The molecule has 0 saturated carbocycles. The first-order valence-corrected chi connectivity index (χ1v) is 16.3. The molecule has 0 unspecified atom stereocenters. The Morgan fingerprint density at radius 2 is 1.33 bits per heavy atom. The van der Waals surface area contributed by atoms with E-state index in [-0.39, 0.29) is 18.7 Å². The number of amides is 1.